The summed E-state index contributed by atoms with van der Waals surface area (Å²) in [7, 11) is 6.07. The van der Waals surface area contributed by atoms with Crippen LogP contribution in [-0.4, -0.2) is 75.6 Å². The molecule has 2 heterocycles. The summed E-state index contributed by atoms with van der Waals surface area (Å²) in [4.78, 5) is 52.0. The molecule has 0 bridgehead atoms. The standard InChI is InChI=1S/C36H50N6O4/c1-22-16-23(2)39-34(44)31(22)20-38-33(43)30-17-26(25-10-11-27(37-19-25)21-40(7)8)18-32(24(30)3)41(9)28-12-14-29(15-13-28)42(35(45)46)36(4,5)6/h10-11,16-19,28-29H,12-15,20-21H2,1-9H3,(H,38,43)(H,39,44)(H,45,46). The van der Waals surface area contributed by atoms with Gasteiger partial charge in [0.15, 0.2) is 0 Å². The molecule has 1 saturated carbocycles. The lowest BCUT2D eigenvalue weighted by atomic mass is 9.86. The van der Waals surface area contributed by atoms with E-state index < -0.39 is 11.6 Å². The molecule has 10 heteroatoms. The fourth-order valence-corrected chi connectivity index (χ4v) is 6.74. The molecular formula is C36H50N6O4. The molecule has 0 atom stereocenters. The Morgan fingerprint density at radius 1 is 0.978 bits per heavy atom. The van der Waals surface area contributed by atoms with Crippen LogP contribution in [0, 0.1) is 20.8 Å². The van der Waals surface area contributed by atoms with Crippen LogP contribution in [0.1, 0.15) is 84.9 Å². The number of rotatable bonds is 9. The van der Waals surface area contributed by atoms with Gasteiger partial charge in [0.25, 0.3) is 11.5 Å². The molecule has 0 radical (unpaired) electrons. The van der Waals surface area contributed by atoms with Gasteiger partial charge in [-0.25, -0.2) is 4.79 Å². The minimum Gasteiger partial charge on any atom is -0.465 e. The Morgan fingerprint density at radius 2 is 1.63 bits per heavy atom. The fourth-order valence-electron chi connectivity index (χ4n) is 6.74. The van der Waals surface area contributed by atoms with Crippen LogP contribution in [0.25, 0.3) is 11.1 Å². The lowest BCUT2D eigenvalue weighted by molar-refractivity contribution is 0.0547. The summed E-state index contributed by atoms with van der Waals surface area (Å²) in [6, 6.07) is 10.1. The number of aryl methyl sites for hydroxylation is 2. The van der Waals surface area contributed by atoms with Crippen molar-refractivity contribution in [3.8, 4) is 11.1 Å². The van der Waals surface area contributed by atoms with Gasteiger partial charge in [-0.2, -0.15) is 0 Å². The number of nitrogens with one attached hydrogen (secondary N) is 2. The summed E-state index contributed by atoms with van der Waals surface area (Å²) in [6.45, 7) is 12.4. The minimum atomic E-state index is -0.878. The van der Waals surface area contributed by atoms with E-state index in [9.17, 15) is 19.5 Å². The van der Waals surface area contributed by atoms with Crippen molar-refractivity contribution in [2.45, 2.75) is 97.9 Å². The van der Waals surface area contributed by atoms with E-state index in [2.05, 4.69) is 38.2 Å². The molecule has 248 valence electrons. The molecule has 1 fully saturated rings. The molecule has 46 heavy (non-hydrogen) atoms. The molecule has 1 aliphatic carbocycles. The quantitative estimate of drug-likeness (QED) is 0.270. The number of carbonyl (C=O) groups excluding carboxylic acids is 1. The van der Waals surface area contributed by atoms with Crippen molar-refractivity contribution < 1.29 is 14.7 Å². The zero-order chi connectivity index (χ0) is 33.9. The first-order chi connectivity index (χ1) is 21.6. The Balaban J connectivity index is 1.66. The highest BCUT2D eigenvalue weighted by Crippen LogP contribution is 2.36. The van der Waals surface area contributed by atoms with Crippen LogP contribution in [0.3, 0.4) is 0 Å². The summed E-state index contributed by atoms with van der Waals surface area (Å²) < 4.78 is 0. The average molecular weight is 631 g/mol. The number of hydrogen-bond donors (Lipinski definition) is 3. The molecular weight excluding hydrogens is 580 g/mol. The summed E-state index contributed by atoms with van der Waals surface area (Å²) in [5.74, 6) is -0.253. The molecule has 2 amide bonds. The molecule has 10 nitrogen and oxygen atoms in total. The third-order valence-electron chi connectivity index (χ3n) is 9.07. The topological polar surface area (TPSA) is 122 Å². The molecule has 4 rings (SSSR count). The van der Waals surface area contributed by atoms with E-state index in [1.807, 2.05) is 86.1 Å². The number of aromatic nitrogens is 2. The number of amides is 2. The highest BCUT2D eigenvalue weighted by atomic mass is 16.4. The first kappa shape index (κ1) is 34.7. The first-order valence-corrected chi connectivity index (χ1v) is 16.0. The molecule has 0 saturated heterocycles. The molecule has 1 aromatic carbocycles. The van der Waals surface area contributed by atoms with Gasteiger partial charge in [0.05, 0.1) is 5.69 Å². The molecule has 3 aromatic rings. The second kappa shape index (κ2) is 14.1. The summed E-state index contributed by atoms with van der Waals surface area (Å²) >= 11 is 0. The Labute approximate surface area is 272 Å². The predicted octanol–water partition coefficient (Wildman–Crippen LogP) is 5.88. The Bertz CT molecular complexity index is 1620. The zero-order valence-electron chi connectivity index (χ0n) is 28.8. The van der Waals surface area contributed by atoms with E-state index in [0.717, 1.165) is 71.6 Å². The molecule has 2 aromatic heterocycles. The van der Waals surface area contributed by atoms with Crippen LogP contribution < -0.4 is 15.8 Å². The summed E-state index contributed by atoms with van der Waals surface area (Å²) in [6.07, 6.45) is 4.18. The predicted molar refractivity (Wildman–Crippen MR) is 184 cm³/mol. The SMILES string of the molecule is Cc1cc(C)c(CNC(=O)c2cc(-c3ccc(CN(C)C)nc3)cc(N(C)C3CCC(N(C(=O)O)C(C)(C)C)CC3)c2C)c(=O)[nH]1. The number of aromatic amines is 1. The number of benzene rings is 1. The van der Waals surface area contributed by atoms with Gasteiger partial charge in [0.1, 0.15) is 0 Å². The number of carboxylic acid groups (broad SMARTS) is 1. The number of anilines is 1. The number of hydrogen-bond acceptors (Lipinski definition) is 6. The number of H-pyrrole nitrogens is 1. The third kappa shape index (κ3) is 7.96. The minimum absolute atomic E-state index is 0.0314. The van der Waals surface area contributed by atoms with Crippen LogP contribution in [0.15, 0.2) is 41.3 Å². The van der Waals surface area contributed by atoms with Crippen molar-refractivity contribution in [1.29, 1.82) is 0 Å². The Morgan fingerprint density at radius 3 is 2.17 bits per heavy atom. The maximum atomic E-state index is 13.8. The van der Waals surface area contributed by atoms with Crippen molar-refractivity contribution in [3.05, 3.63) is 80.5 Å². The van der Waals surface area contributed by atoms with E-state index in [0.29, 0.717) is 11.1 Å². The smallest absolute Gasteiger partial charge is 0.407 e. The van der Waals surface area contributed by atoms with Crippen LogP contribution >= 0.6 is 0 Å². The van der Waals surface area contributed by atoms with E-state index >= 15 is 0 Å². The lowest BCUT2D eigenvalue weighted by Crippen LogP contribution is -2.53. The van der Waals surface area contributed by atoms with Gasteiger partial charge in [0.2, 0.25) is 0 Å². The van der Waals surface area contributed by atoms with Crippen molar-refractivity contribution >= 4 is 17.7 Å². The zero-order valence-corrected chi connectivity index (χ0v) is 28.8. The van der Waals surface area contributed by atoms with Gasteiger partial charge in [0, 0.05) is 72.0 Å². The molecule has 1 aliphatic rings. The second-order valence-corrected chi connectivity index (χ2v) is 14.0. The van der Waals surface area contributed by atoms with Crippen molar-refractivity contribution in [3.63, 3.8) is 0 Å². The normalized spacial score (nSPS) is 16.7. The van der Waals surface area contributed by atoms with E-state index in [1.54, 1.807) is 4.90 Å². The second-order valence-electron chi connectivity index (χ2n) is 14.0. The summed E-state index contributed by atoms with van der Waals surface area (Å²) in [5, 5.41) is 12.9. The van der Waals surface area contributed by atoms with Gasteiger partial charge in [-0.1, -0.05) is 6.07 Å². The highest BCUT2D eigenvalue weighted by molar-refractivity contribution is 5.99. The molecule has 0 unspecified atom stereocenters. The maximum absolute atomic E-state index is 13.8. The fraction of sp³-hybridized carbons (Fsp3) is 0.500. The third-order valence-corrected chi connectivity index (χ3v) is 9.07. The Kier molecular flexibility index (Phi) is 10.6. The average Bonchev–Trinajstić information content (AvgIpc) is 2.96. The molecule has 0 aliphatic heterocycles. The Hall–Kier alpha value is -4.18. The van der Waals surface area contributed by atoms with Crippen molar-refractivity contribution in [2.75, 3.05) is 26.0 Å². The van der Waals surface area contributed by atoms with Crippen LogP contribution in [0.2, 0.25) is 0 Å². The highest BCUT2D eigenvalue weighted by Gasteiger charge is 2.36. The van der Waals surface area contributed by atoms with Gasteiger partial charge in [-0.15, -0.1) is 0 Å². The number of nitrogens with zero attached hydrogens (tertiary/aromatic N) is 4. The van der Waals surface area contributed by atoms with E-state index in [-0.39, 0.29) is 30.1 Å². The van der Waals surface area contributed by atoms with Gasteiger partial charge in [-0.05, 0) is 122 Å². The van der Waals surface area contributed by atoms with Crippen molar-refractivity contribution in [1.82, 2.24) is 25.1 Å². The largest absolute Gasteiger partial charge is 0.465 e. The van der Waals surface area contributed by atoms with Crippen molar-refractivity contribution in [2.24, 2.45) is 0 Å². The molecule has 0 spiro atoms. The van der Waals surface area contributed by atoms with E-state index in [1.165, 1.54) is 0 Å². The van der Waals surface area contributed by atoms with E-state index in [4.69, 9.17) is 0 Å². The molecule has 3 N–H and O–H groups in total. The maximum Gasteiger partial charge on any atom is 0.407 e. The number of pyridine rings is 2. The number of carbonyl (C=O) groups is 2. The van der Waals surface area contributed by atoms with Gasteiger partial charge >= 0.3 is 6.09 Å². The summed E-state index contributed by atoms with van der Waals surface area (Å²) in [5.41, 5.74) is 6.55. The first-order valence-electron chi connectivity index (χ1n) is 16.0. The van der Waals surface area contributed by atoms with Crippen LogP contribution in [-0.2, 0) is 13.1 Å². The van der Waals surface area contributed by atoms with Crippen LogP contribution in [0.5, 0.6) is 0 Å². The van der Waals surface area contributed by atoms with Crippen LogP contribution in [0.4, 0.5) is 10.5 Å². The lowest BCUT2D eigenvalue weighted by Gasteiger charge is -2.44. The van der Waals surface area contributed by atoms with Gasteiger partial charge < -0.3 is 30.1 Å². The monoisotopic (exact) mass is 630 g/mol. The van der Waals surface area contributed by atoms with Gasteiger partial charge in [-0.3, -0.25) is 14.6 Å².